The van der Waals surface area contributed by atoms with E-state index in [1.165, 1.54) is 17.2 Å². The summed E-state index contributed by atoms with van der Waals surface area (Å²) < 4.78 is 0. The summed E-state index contributed by atoms with van der Waals surface area (Å²) in [5.41, 5.74) is 0.328. The smallest absolute Gasteiger partial charge is 0.357 e. The zero-order chi connectivity index (χ0) is 9.84. The maximum Gasteiger partial charge on any atom is 0.357 e. The van der Waals surface area contributed by atoms with Crippen LogP contribution in [0.3, 0.4) is 0 Å². The zero-order valence-electron chi connectivity index (χ0n) is 7.52. The van der Waals surface area contributed by atoms with Gasteiger partial charge < -0.3 is 9.94 Å². The van der Waals surface area contributed by atoms with E-state index in [-0.39, 0.29) is 5.75 Å². The van der Waals surface area contributed by atoms with E-state index in [1.807, 2.05) is 0 Å². The molecule has 0 spiro atoms. The van der Waals surface area contributed by atoms with E-state index in [0.29, 0.717) is 5.56 Å². The number of phenols is 1. The SMILES string of the molecule is CN(C)OC(=O)c1cccc(O)c1. The van der Waals surface area contributed by atoms with Crippen LogP contribution in [-0.2, 0) is 4.84 Å². The fraction of sp³-hybridized carbons (Fsp3) is 0.222. The Hall–Kier alpha value is -1.55. The van der Waals surface area contributed by atoms with Crippen molar-refractivity contribution in [3.05, 3.63) is 29.8 Å². The molecular weight excluding hydrogens is 170 g/mol. The first-order valence-corrected chi connectivity index (χ1v) is 3.78. The largest absolute Gasteiger partial charge is 0.508 e. The summed E-state index contributed by atoms with van der Waals surface area (Å²) in [4.78, 5) is 16.0. The highest BCUT2D eigenvalue weighted by Crippen LogP contribution is 2.11. The van der Waals surface area contributed by atoms with Crippen molar-refractivity contribution in [2.45, 2.75) is 0 Å². The molecule has 0 aliphatic carbocycles. The molecule has 1 aromatic rings. The lowest BCUT2D eigenvalue weighted by atomic mass is 10.2. The predicted octanol–water partition coefficient (Wildman–Crippen LogP) is 1.03. The number of benzene rings is 1. The highest BCUT2D eigenvalue weighted by molar-refractivity contribution is 5.89. The number of rotatable bonds is 2. The van der Waals surface area contributed by atoms with Crippen LogP contribution >= 0.6 is 0 Å². The lowest BCUT2D eigenvalue weighted by Gasteiger charge is -2.09. The molecule has 1 rings (SSSR count). The van der Waals surface area contributed by atoms with Crippen molar-refractivity contribution in [3.63, 3.8) is 0 Å². The minimum Gasteiger partial charge on any atom is -0.508 e. The van der Waals surface area contributed by atoms with Crippen LogP contribution in [0.15, 0.2) is 24.3 Å². The molecule has 0 amide bonds. The standard InChI is InChI=1S/C9H11NO3/c1-10(2)13-9(12)7-4-3-5-8(11)6-7/h3-6,11H,1-2H3. The van der Waals surface area contributed by atoms with E-state index >= 15 is 0 Å². The number of aromatic hydroxyl groups is 1. The molecule has 0 saturated heterocycles. The van der Waals surface area contributed by atoms with E-state index in [2.05, 4.69) is 0 Å². The van der Waals surface area contributed by atoms with Gasteiger partial charge in [-0.15, -0.1) is 5.06 Å². The minimum atomic E-state index is -0.485. The maximum atomic E-state index is 11.2. The van der Waals surface area contributed by atoms with Gasteiger partial charge in [-0.1, -0.05) is 6.07 Å². The summed E-state index contributed by atoms with van der Waals surface area (Å²) in [6, 6.07) is 6.01. The molecule has 0 aliphatic rings. The quantitative estimate of drug-likeness (QED) is 0.692. The lowest BCUT2D eigenvalue weighted by molar-refractivity contribution is -0.0713. The second-order valence-electron chi connectivity index (χ2n) is 2.74. The van der Waals surface area contributed by atoms with Crippen LogP contribution in [0.2, 0.25) is 0 Å². The van der Waals surface area contributed by atoms with Crippen LogP contribution < -0.4 is 0 Å². The molecule has 0 unspecified atom stereocenters. The van der Waals surface area contributed by atoms with Crippen molar-refractivity contribution in [2.75, 3.05) is 14.1 Å². The van der Waals surface area contributed by atoms with Crippen LogP contribution in [0, 0.1) is 0 Å². The third-order valence-electron chi connectivity index (χ3n) is 1.35. The van der Waals surface area contributed by atoms with Gasteiger partial charge in [0.25, 0.3) is 0 Å². The minimum absolute atomic E-state index is 0.0493. The van der Waals surface area contributed by atoms with Gasteiger partial charge in [-0.2, -0.15) is 0 Å². The first-order valence-electron chi connectivity index (χ1n) is 3.78. The molecule has 0 aliphatic heterocycles. The van der Waals surface area contributed by atoms with Crippen molar-refractivity contribution in [3.8, 4) is 5.75 Å². The fourth-order valence-corrected chi connectivity index (χ4v) is 0.851. The van der Waals surface area contributed by atoms with Crippen molar-refractivity contribution in [1.29, 1.82) is 0 Å². The van der Waals surface area contributed by atoms with Crippen molar-refractivity contribution < 1.29 is 14.7 Å². The topological polar surface area (TPSA) is 49.8 Å². The molecule has 0 heterocycles. The third kappa shape index (κ3) is 2.76. The summed E-state index contributed by atoms with van der Waals surface area (Å²) in [7, 11) is 3.22. The molecular formula is C9H11NO3. The summed E-state index contributed by atoms with van der Waals surface area (Å²) in [5, 5.41) is 10.4. The molecule has 0 bridgehead atoms. The van der Waals surface area contributed by atoms with Gasteiger partial charge >= 0.3 is 5.97 Å². The number of hydrogen-bond donors (Lipinski definition) is 1. The molecule has 13 heavy (non-hydrogen) atoms. The second kappa shape index (κ2) is 3.91. The molecule has 0 saturated carbocycles. The Balaban J connectivity index is 2.77. The highest BCUT2D eigenvalue weighted by Gasteiger charge is 2.08. The van der Waals surface area contributed by atoms with Gasteiger partial charge in [-0.25, -0.2) is 4.79 Å². The number of hydroxylamine groups is 2. The van der Waals surface area contributed by atoms with E-state index in [1.54, 1.807) is 26.2 Å². The van der Waals surface area contributed by atoms with Gasteiger partial charge in [0.05, 0.1) is 5.56 Å². The highest BCUT2D eigenvalue weighted by atomic mass is 16.7. The number of phenolic OH excluding ortho intramolecular Hbond substituents is 1. The first-order chi connectivity index (χ1) is 6.09. The summed E-state index contributed by atoms with van der Waals surface area (Å²) in [6.45, 7) is 0. The van der Waals surface area contributed by atoms with Gasteiger partial charge in [0.1, 0.15) is 5.75 Å². The van der Waals surface area contributed by atoms with E-state index in [4.69, 9.17) is 9.94 Å². The van der Waals surface area contributed by atoms with Crippen LogP contribution in [0.1, 0.15) is 10.4 Å². The average molecular weight is 181 g/mol. The molecule has 1 N–H and O–H groups in total. The van der Waals surface area contributed by atoms with Gasteiger partial charge in [0.2, 0.25) is 0 Å². The Morgan fingerprint density at radius 2 is 2.15 bits per heavy atom. The first kappa shape index (κ1) is 9.54. The Labute approximate surface area is 76.3 Å². The van der Waals surface area contributed by atoms with Crippen LogP contribution in [0.5, 0.6) is 5.75 Å². The molecule has 70 valence electrons. The molecule has 1 aromatic carbocycles. The number of carbonyl (C=O) groups excluding carboxylic acids is 1. The Morgan fingerprint density at radius 3 is 2.69 bits per heavy atom. The molecule has 0 fully saturated rings. The molecule has 0 radical (unpaired) electrons. The average Bonchev–Trinajstić information content (AvgIpc) is 2.03. The Morgan fingerprint density at radius 1 is 1.46 bits per heavy atom. The van der Waals surface area contributed by atoms with Crippen molar-refractivity contribution >= 4 is 5.97 Å². The molecule has 4 heteroatoms. The van der Waals surface area contributed by atoms with Gasteiger partial charge in [0.15, 0.2) is 0 Å². The zero-order valence-corrected chi connectivity index (χ0v) is 7.52. The van der Waals surface area contributed by atoms with Crippen LogP contribution in [0.25, 0.3) is 0 Å². The van der Waals surface area contributed by atoms with Gasteiger partial charge in [-0.05, 0) is 18.2 Å². The summed E-state index contributed by atoms with van der Waals surface area (Å²) >= 11 is 0. The van der Waals surface area contributed by atoms with Crippen LogP contribution in [0.4, 0.5) is 0 Å². The molecule has 4 nitrogen and oxygen atoms in total. The number of hydrogen-bond acceptors (Lipinski definition) is 4. The lowest BCUT2D eigenvalue weighted by Crippen LogP contribution is -2.18. The predicted molar refractivity (Wildman–Crippen MR) is 47.2 cm³/mol. The second-order valence-corrected chi connectivity index (χ2v) is 2.74. The normalized spacial score (nSPS) is 10.1. The fourth-order valence-electron chi connectivity index (χ4n) is 0.851. The van der Waals surface area contributed by atoms with Gasteiger partial charge in [0, 0.05) is 14.1 Å². The maximum absolute atomic E-state index is 11.2. The Bertz CT molecular complexity index is 309. The monoisotopic (exact) mass is 181 g/mol. The summed E-state index contributed by atoms with van der Waals surface area (Å²) in [5.74, 6) is -0.436. The third-order valence-corrected chi connectivity index (χ3v) is 1.35. The van der Waals surface area contributed by atoms with Crippen molar-refractivity contribution in [1.82, 2.24) is 5.06 Å². The molecule has 0 aromatic heterocycles. The van der Waals surface area contributed by atoms with E-state index in [0.717, 1.165) is 0 Å². The number of carbonyl (C=O) groups is 1. The van der Waals surface area contributed by atoms with Crippen LogP contribution in [-0.4, -0.2) is 30.2 Å². The van der Waals surface area contributed by atoms with Crippen molar-refractivity contribution in [2.24, 2.45) is 0 Å². The number of nitrogens with zero attached hydrogens (tertiary/aromatic N) is 1. The van der Waals surface area contributed by atoms with E-state index < -0.39 is 5.97 Å². The molecule has 0 atom stereocenters. The summed E-state index contributed by atoms with van der Waals surface area (Å²) in [6.07, 6.45) is 0. The van der Waals surface area contributed by atoms with E-state index in [9.17, 15) is 4.79 Å². The Kier molecular flexibility index (Phi) is 2.87. The van der Waals surface area contributed by atoms with Gasteiger partial charge in [-0.3, -0.25) is 0 Å².